The Kier molecular flexibility index (Phi) is 5.30. The van der Waals surface area contributed by atoms with Crippen molar-refractivity contribution in [2.24, 2.45) is 11.3 Å². The highest BCUT2D eigenvalue weighted by molar-refractivity contribution is 5.88. The number of aliphatic carboxylic acids is 1. The zero-order valence-corrected chi connectivity index (χ0v) is 14.8. The molecule has 3 rings (SSSR count). The summed E-state index contributed by atoms with van der Waals surface area (Å²) < 4.78 is 5.52. The van der Waals surface area contributed by atoms with E-state index < -0.39 is 17.3 Å². The molecule has 5 nitrogen and oxygen atoms in total. The van der Waals surface area contributed by atoms with Crippen LogP contribution in [0, 0.1) is 11.3 Å². The molecule has 136 valence electrons. The Bertz CT molecular complexity index is 649. The van der Waals surface area contributed by atoms with Gasteiger partial charge in [-0.2, -0.15) is 0 Å². The molecule has 2 aliphatic rings. The second kappa shape index (κ2) is 7.46. The fourth-order valence-electron chi connectivity index (χ4n) is 4.16. The Morgan fingerprint density at radius 1 is 1.32 bits per heavy atom. The average molecular weight is 345 g/mol. The first-order valence-electron chi connectivity index (χ1n) is 9.29. The van der Waals surface area contributed by atoms with Crippen LogP contribution in [0.5, 0.6) is 5.75 Å². The van der Waals surface area contributed by atoms with Gasteiger partial charge in [-0.1, -0.05) is 31.9 Å². The monoisotopic (exact) mass is 345 g/mol. The summed E-state index contributed by atoms with van der Waals surface area (Å²) in [6.07, 6.45) is 5.94. The van der Waals surface area contributed by atoms with E-state index in [1.54, 1.807) is 6.92 Å². The number of aryl methyl sites for hydroxylation is 1. The van der Waals surface area contributed by atoms with E-state index in [0.717, 1.165) is 44.5 Å². The number of carboxylic acid groups (broad SMARTS) is 1. The van der Waals surface area contributed by atoms with Crippen LogP contribution in [0.2, 0.25) is 0 Å². The molecular formula is C20H27NO4. The molecule has 1 aromatic carbocycles. The van der Waals surface area contributed by atoms with Crippen LogP contribution in [-0.2, 0) is 22.4 Å². The maximum atomic E-state index is 12.7. The summed E-state index contributed by atoms with van der Waals surface area (Å²) in [5.41, 5.74) is 1.80. The van der Waals surface area contributed by atoms with Gasteiger partial charge in [-0.25, -0.2) is 0 Å². The SMILES string of the molecule is CC(C(=O)O)C1(C(=O)NCCCc2ccc3c(c2)CCO3)CCCC1. The van der Waals surface area contributed by atoms with Crippen LogP contribution >= 0.6 is 0 Å². The molecule has 1 atom stereocenters. The molecule has 1 aliphatic heterocycles. The van der Waals surface area contributed by atoms with E-state index in [-0.39, 0.29) is 5.91 Å². The summed E-state index contributed by atoms with van der Waals surface area (Å²) in [6.45, 7) is 3.01. The zero-order valence-electron chi connectivity index (χ0n) is 14.8. The van der Waals surface area contributed by atoms with Crippen LogP contribution < -0.4 is 10.1 Å². The van der Waals surface area contributed by atoms with Gasteiger partial charge in [-0.3, -0.25) is 9.59 Å². The second-order valence-electron chi connectivity index (χ2n) is 7.32. The van der Waals surface area contributed by atoms with Gasteiger partial charge in [0.05, 0.1) is 17.9 Å². The first-order chi connectivity index (χ1) is 12.0. The fourth-order valence-corrected chi connectivity index (χ4v) is 4.16. The molecule has 1 aromatic rings. The summed E-state index contributed by atoms with van der Waals surface area (Å²) >= 11 is 0. The van der Waals surface area contributed by atoms with Crippen molar-refractivity contribution in [2.45, 2.75) is 51.9 Å². The smallest absolute Gasteiger partial charge is 0.307 e. The third-order valence-corrected chi connectivity index (χ3v) is 5.83. The van der Waals surface area contributed by atoms with Gasteiger partial charge >= 0.3 is 5.97 Å². The molecule has 1 unspecified atom stereocenters. The number of amides is 1. The Labute approximate surface area is 148 Å². The third kappa shape index (κ3) is 3.65. The summed E-state index contributed by atoms with van der Waals surface area (Å²) in [5.74, 6) is -0.603. The van der Waals surface area contributed by atoms with E-state index in [4.69, 9.17) is 4.74 Å². The Morgan fingerprint density at radius 3 is 2.80 bits per heavy atom. The van der Waals surface area contributed by atoms with Crippen LogP contribution in [0.15, 0.2) is 18.2 Å². The maximum Gasteiger partial charge on any atom is 0.307 e. The first-order valence-corrected chi connectivity index (χ1v) is 9.29. The van der Waals surface area contributed by atoms with Crippen molar-refractivity contribution < 1.29 is 19.4 Å². The van der Waals surface area contributed by atoms with Gasteiger partial charge in [0.2, 0.25) is 5.91 Å². The molecule has 1 fully saturated rings. The number of hydrogen-bond acceptors (Lipinski definition) is 3. The number of benzene rings is 1. The van der Waals surface area contributed by atoms with Crippen molar-refractivity contribution >= 4 is 11.9 Å². The number of carbonyl (C=O) groups is 2. The average Bonchev–Trinajstić information content (AvgIpc) is 3.27. The number of ether oxygens (including phenoxy) is 1. The van der Waals surface area contributed by atoms with Crippen molar-refractivity contribution in [2.75, 3.05) is 13.2 Å². The first kappa shape index (κ1) is 17.8. The molecule has 0 spiro atoms. The summed E-state index contributed by atoms with van der Waals surface area (Å²) in [4.78, 5) is 24.1. The van der Waals surface area contributed by atoms with E-state index in [0.29, 0.717) is 19.4 Å². The van der Waals surface area contributed by atoms with E-state index in [2.05, 4.69) is 17.4 Å². The van der Waals surface area contributed by atoms with Crippen LogP contribution in [0.1, 0.15) is 50.2 Å². The van der Waals surface area contributed by atoms with Crippen molar-refractivity contribution in [3.8, 4) is 5.75 Å². The van der Waals surface area contributed by atoms with Gasteiger partial charge in [0, 0.05) is 13.0 Å². The molecule has 1 saturated carbocycles. The molecule has 0 saturated heterocycles. The van der Waals surface area contributed by atoms with Crippen LogP contribution in [0.25, 0.3) is 0 Å². The molecule has 5 heteroatoms. The van der Waals surface area contributed by atoms with E-state index in [1.807, 2.05) is 6.07 Å². The number of hydrogen-bond donors (Lipinski definition) is 2. The van der Waals surface area contributed by atoms with Crippen molar-refractivity contribution in [1.82, 2.24) is 5.32 Å². The summed E-state index contributed by atoms with van der Waals surface area (Å²) in [5, 5.41) is 12.4. The molecular weight excluding hydrogens is 318 g/mol. The minimum atomic E-state index is -0.877. The molecule has 0 bridgehead atoms. The molecule has 0 radical (unpaired) electrons. The summed E-state index contributed by atoms with van der Waals surface area (Å²) in [6, 6.07) is 6.30. The Hall–Kier alpha value is -2.04. The fraction of sp³-hybridized carbons (Fsp3) is 0.600. The second-order valence-corrected chi connectivity index (χ2v) is 7.32. The lowest BCUT2D eigenvalue weighted by Gasteiger charge is -2.31. The highest BCUT2D eigenvalue weighted by Gasteiger charge is 2.48. The van der Waals surface area contributed by atoms with Crippen molar-refractivity contribution in [3.05, 3.63) is 29.3 Å². The van der Waals surface area contributed by atoms with Crippen molar-refractivity contribution in [3.63, 3.8) is 0 Å². The summed E-state index contributed by atoms with van der Waals surface area (Å²) in [7, 11) is 0. The Morgan fingerprint density at radius 2 is 2.08 bits per heavy atom. The quantitative estimate of drug-likeness (QED) is 0.745. The predicted octanol–water partition coefficient (Wildman–Crippen LogP) is 2.95. The minimum Gasteiger partial charge on any atom is -0.493 e. The van der Waals surface area contributed by atoms with Crippen LogP contribution in [0.3, 0.4) is 0 Å². The molecule has 0 aromatic heterocycles. The van der Waals surface area contributed by atoms with Crippen LogP contribution in [0.4, 0.5) is 0 Å². The van der Waals surface area contributed by atoms with Crippen molar-refractivity contribution in [1.29, 1.82) is 0 Å². The lowest BCUT2D eigenvalue weighted by atomic mass is 9.74. The lowest BCUT2D eigenvalue weighted by Crippen LogP contribution is -2.46. The van der Waals surface area contributed by atoms with Gasteiger partial charge in [0.25, 0.3) is 0 Å². The standard InChI is InChI=1S/C20H27NO4/c1-14(18(22)23)20(9-2-3-10-20)19(24)21-11-4-5-15-6-7-17-16(13-15)8-12-25-17/h6-7,13-14H,2-5,8-12H2,1H3,(H,21,24)(H,22,23). The van der Waals surface area contributed by atoms with E-state index in [1.165, 1.54) is 11.1 Å². The number of rotatable bonds is 7. The lowest BCUT2D eigenvalue weighted by molar-refractivity contribution is -0.152. The minimum absolute atomic E-state index is 0.0812. The van der Waals surface area contributed by atoms with Gasteiger partial charge < -0.3 is 15.2 Å². The van der Waals surface area contributed by atoms with Crippen LogP contribution in [-0.4, -0.2) is 30.1 Å². The highest BCUT2D eigenvalue weighted by atomic mass is 16.5. The molecule has 1 aliphatic carbocycles. The number of carbonyl (C=O) groups excluding carboxylic acids is 1. The van der Waals surface area contributed by atoms with E-state index >= 15 is 0 Å². The zero-order chi connectivity index (χ0) is 17.9. The molecule has 1 amide bonds. The number of nitrogens with one attached hydrogen (secondary N) is 1. The molecule has 1 heterocycles. The third-order valence-electron chi connectivity index (χ3n) is 5.83. The van der Waals surface area contributed by atoms with Gasteiger partial charge in [-0.15, -0.1) is 0 Å². The number of fused-ring (bicyclic) bond motifs is 1. The highest BCUT2D eigenvalue weighted by Crippen LogP contribution is 2.44. The molecule has 25 heavy (non-hydrogen) atoms. The van der Waals surface area contributed by atoms with Gasteiger partial charge in [-0.05, 0) is 42.9 Å². The molecule has 2 N–H and O–H groups in total. The largest absolute Gasteiger partial charge is 0.493 e. The normalized spacial score (nSPS) is 19.1. The maximum absolute atomic E-state index is 12.7. The predicted molar refractivity (Wildman–Crippen MR) is 94.7 cm³/mol. The number of carboxylic acids is 1. The topological polar surface area (TPSA) is 75.6 Å². The van der Waals surface area contributed by atoms with E-state index in [9.17, 15) is 14.7 Å². The Balaban J connectivity index is 1.51. The van der Waals surface area contributed by atoms with Gasteiger partial charge in [0.15, 0.2) is 0 Å². The van der Waals surface area contributed by atoms with Gasteiger partial charge in [0.1, 0.15) is 5.75 Å².